The van der Waals surface area contributed by atoms with Crippen LogP contribution in [0.4, 0.5) is 0 Å². The number of halogens is 1. The van der Waals surface area contributed by atoms with Gasteiger partial charge < -0.3 is 20.5 Å². The minimum Gasteiger partial charge on any atom is -0.548 e. The van der Waals surface area contributed by atoms with E-state index in [1.54, 1.807) is 54.6 Å². The second kappa shape index (κ2) is 12.8. The number of rotatable bonds is 10. The van der Waals surface area contributed by atoms with E-state index in [4.69, 9.17) is 0 Å². The van der Waals surface area contributed by atoms with E-state index in [-0.39, 0.29) is 11.4 Å². The Morgan fingerprint density at radius 3 is 2.15 bits per heavy atom. The minimum absolute atomic E-state index is 0.0736. The van der Waals surface area contributed by atoms with Gasteiger partial charge in [-0.3, -0.25) is 9.59 Å². The molecule has 0 aliphatic carbocycles. The number of carboxylic acid groups (broad SMARTS) is 1. The predicted molar refractivity (Wildman–Crippen MR) is 136 cm³/mol. The Morgan fingerprint density at radius 2 is 1.53 bits per heavy atom. The van der Waals surface area contributed by atoms with E-state index in [1.807, 2.05) is 30.3 Å². The molecule has 0 aliphatic heterocycles. The summed E-state index contributed by atoms with van der Waals surface area (Å²) in [5, 5.41) is 16.8. The van der Waals surface area contributed by atoms with Crippen LogP contribution < -0.4 is 15.7 Å². The summed E-state index contributed by atoms with van der Waals surface area (Å²) < 4.78 is 0.858. The standard InChI is InChI=1S/C26H23BrN2O4S/c27-21-13-11-18(12-14-21)15-22(28-24(30)20-9-5-2-6-10-20)25(31)29-23(26(32)33)17-34-16-19-7-3-1-4-8-19/h1-15,23H,16-17H2,(H,28,30)(H,29,31)(H,32,33)/p-1/b22-15-/t23-/m1/s1. The van der Waals surface area contributed by atoms with E-state index in [0.29, 0.717) is 16.9 Å². The molecule has 0 heterocycles. The lowest BCUT2D eigenvalue weighted by atomic mass is 10.1. The minimum atomic E-state index is -1.40. The summed E-state index contributed by atoms with van der Waals surface area (Å²) in [6.07, 6.45) is 1.49. The summed E-state index contributed by atoms with van der Waals surface area (Å²) >= 11 is 4.72. The molecular formula is C26H22BrN2O4S-. The number of aliphatic carboxylic acids is 1. The Hall–Kier alpha value is -3.36. The fourth-order valence-electron chi connectivity index (χ4n) is 2.94. The summed E-state index contributed by atoms with van der Waals surface area (Å²) in [7, 11) is 0. The normalized spacial score (nSPS) is 12.0. The molecule has 2 N–H and O–H groups in total. The second-order valence-corrected chi connectivity index (χ2v) is 9.22. The molecule has 0 bridgehead atoms. The molecule has 1 atom stereocenters. The van der Waals surface area contributed by atoms with Gasteiger partial charge in [-0.25, -0.2) is 0 Å². The van der Waals surface area contributed by atoms with Crippen molar-refractivity contribution in [1.82, 2.24) is 10.6 Å². The molecule has 3 aromatic rings. The van der Waals surface area contributed by atoms with Crippen LogP contribution in [0.3, 0.4) is 0 Å². The highest BCUT2D eigenvalue weighted by molar-refractivity contribution is 9.10. The molecule has 0 aromatic heterocycles. The van der Waals surface area contributed by atoms with E-state index >= 15 is 0 Å². The predicted octanol–water partition coefficient (Wildman–Crippen LogP) is 3.39. The molecule has 8 heteroatoms. The molecular weight excluding hydrogens is 516 g/mol. The first-order chi connectivity index (χ1) is 16.4. The maximum absolute atomic E-state index is 13.0. The third-order valence-electron chi connectivity index (χ3n) is 4.70. The average molecular weight is 538 g/mol. The van der Waals surface area contributed by atoms with E-state index < -0.39 is 23.8 Å². The smallest absolute Gasteiger partial charge is 0.268 e. The van der Waals surface area contributed by atoms with Crippen molar-refractivity contribution in [2.45, 2.75) is 11.8 Å². The van der Waals surface area contributed by atoms with Crippen molar-refractivity contribution in [3.05, 3.63) is 112 Å². The van der Waals surface area contributed by atoms with Gasteiger partial charge >= 0.3 is 0 Å². The number of thioether (sulfide) groups is 1. The summed E-state index contributed by atoms with van der Waals surface area (Å²) in [5.41, 5.74) is 1.99. The monoisotopic (exact) mass is 537 g/mol. The van der Waals surface area contributed by atoms with Crippen LogP contribution in [0, 0.1) is 0 Å². The second-order valence-electron chi connectivity index (χ2n) is 7.28. The van der Waals surface area contributed by atoms with Gasteiger partial charge in [0.05, 0.1) is 12.0 Å². The van der Waals surface area contributed by atoms with E-state index in [9.17, 15) is 19.5 Å². The van der Waals surface area contributed by atoms with Crippen molar-refractivity contribution >= 4 is 51.6 Å². The van der Waals surface area contributed by atoms with Crippen LogP contribution in [-0.2, 0) is 15.3 Å². The highest BCUT2D eigenvalue weighted by atomic mass is 79.9. The lowest BCUT2D eigenvalue weighted by Gasteiger charge is -2.21. The maximum atomic E-state index is 13.0. The Labute approximate surface area is 210 Å². The van der Waals surface area contributed by atoms with Crippen molar-refractivity contribution < 1.29 is 19.5 Å². The molecule has 0 radical (unpaired) electrons. The van der Waals surface area contributed by atoms with Crippen molar-refractivity contribution in [2.75, 3.05) is 5.75 Å². The number of carbonyl (C=O) groups excluding carboxylic acids is 3. The zero-order valence-corrected chi connectivity index (χ0v) is 20.5. The Bertz CT molecular complexity index is 1150. The Balaban J connectivity index is 1.74. The largest absolute Gasteiger partial charge is 0.548 e. The molecule has 34 heavy (non-hydrogen) atoms. The molecule has 174 valence electrons. The number of carboxylic acids is 1. The number of amides is 2. The summed E-state index contributed by atoms with van der Waals surface area (Å²) in [6, 6.07) is 23.9. The van der Waals surface area contributed by atoms with Gasteiger partial charge in [0, 0.05) is 21.5 Å². The number of benzene rings is 3. The highest BCUT2D eigenvalue weighted by Gasteiger charge is 2.19. The lowest BCUT2D eigenvalue weighted by molar-refractivity contribution is -0.307. The third-order valence-corrected chi connectivity index (χ3v) is 6.33. The van der Waals surface area contributed by atoms with Crippen LogP contribution in [0.2, 0.25) is 0 Å². The molecule has 3 aromatic carbocycles. The van der Waals surface area contributed by atoms with Crippen molar-refractivity contribution in [1.29, 1.82) is 0 Å². The Kier molecular flexibility index (Phi) is 9.49. The van der Waals surface area contributed by atoms with Gasteiger partial charge in [-0.15, -0.1) is 0 Å². The quantitative estimate of drug-likeness (QED) is 0.386. The van der Waals surface area contributed by atoms with Gasteiger partial charge in [0.1, 0.15) is 5.70 Å². The zero-order valence-electron chi connectivity index (χ0n) is 18.1. The molecule has 0 saturated heterocycles. The first-order valence-electron chi connectivity index (χ1n) is 10.4. The molecule has 2 amide bonds. The van der Waals surface area contributed by atoms with Crippen LogP contribution in [0.15, 0.2) is 95.1 Å². The lowest BCUT2D eigenvalue weighted by Crippen LogP contribution is -2.51. The van der Waals surface area contributed by atoms with Crippen molar-refractivity contribution in [2.24, 2.45) is 0 Å². The molecule has 3 rings (SSSR count). The van der Waals surface area contributed by atoms with Gasteiger partial charge in [-0.2, -0.15) is 11.8 Å². The van der Waals surface area contributed by atoms with Gasteiger partial charge in [0.2, 0.25) is 0 Å². The van der Waals surface area contributed by atoms with Crippen LogP contribution in [0.25, 0.3) is 6.08 Å². The molecule has 0 spiro atoms. The summed E-state index contributed by atoms with van der Waals surface area (Å²) in [5.74, 6) is -1.90. The molecule has 0 saturated carbocycles. The number of hydrogen-bond acceptors (Lipinski definition) is 5. The molecule has 0 fully saturated rings. The average Bonchev–Trinajstić information content (AvgIpc) is 2.85. The van der Waals surface area contributed by atoms with E-state index in [0.717, 1.165) is 10.0 Å². The first kappa shape index (κ1) is 25.3. The number of nitrogens with one attached hydrogen (secondary N) is 2. The summed E-state index contributed by atoms with van der Waals surface area (Å²) in [4.78, 5) is 37.4. The fourth-order valence-corrected chi connectivity index (χ4v) is 4.21. The van der Waals surface area contributed by atoms with Crippen molar-refractivity contribution in [3.63, 3.8) is 0 Å². The molecule has 0 aliphatic rings. The highest BCUT2D eigenvalue weighted by Crippen LogP contribution is 2.15. The van der Waals surface area contributed by atoms with Crippen LogP contribution in [-0.4, -0.2) is 29.6 Å². The van der Waals surface area contributed by atoms with Gasteiger partial charge in [0.15, 0.2) is 0 Å². The fraction of sp³-hybridized carbons (Fsp3) is 0.115. The molecule has 0 unspecified atom stereocenters. The summed E-state index contributed by atoms with van der Waals surface area (Å²) in [6.45, 7) is 0. The number of hydrogen-bond donors (Lipinski definition) is 2. The SMILES string of the molecule is O=C(N[C@H](CSCc1ccccc1)C(=O)[O-])/C(=C/c1ccc(Br)cc1)NC(=O)c1ccccc1. The van der Waals surface area contributed by atoms with Crippen molar-refractivity contribution in [3.8, 4) is 0 Å². The Morgan fingerprint density at radius 1 is 0.912 bits per heavy atom. The number of carbonyl (C=O) groups is 3. The molecule has 6 nitrogen and oxygen atoms in total. The topological polar surface area (TPSA) is 98.3 Å². The van der Waals surface area contributed by atoms with Crippen LogP contribution in [0.5, 0.6) is 0 Å². The third kappa shape index (κ3) is 7.90. The van der Waals surface area contributed by atoms with Gasteiger partial charge in [-0.1, -0.05) is 76.6 Å². The zero-order chi connectivity index (χ0) is 24.3. The van der Waals surface area contributed by atoms with Crippen LogP contribution >= 0.6 is 27.7 Å². The van der Waals surface area contributed by atoms with E-state index in [1.165, 1.54) is 17.8 Å². The van der Waals surface area contributed by atoms with Gasteiger partial charge in [0.25, 0.3) is 11.8 Å². The van der Waals surface area contributed by atoms with Crippen LogP contribution in [0.1, 0.15) is 21.5 Å². The maximum Gasteiger partial charge on any atom is 0.268 e. The van der Waals surface area contributed by atoms with Gasteiger partial charge in [-0.05, 0) is 41.5 Å². The first-order valence-corrected chi connectivity index (χ1v) is 12.3. The van der Waals surface area contributed by atoms with E-state index in [2.05, 4.69) is 26.6 Å².